The largest absolute Gasteiger partial charge is 0.463 e. The molecule has 0 unspecified atom stereocenters. The predicted octanol–water partition coefficient (Wildman–Crippen LogP) is 5.20. The highest BCUT2D eigenvalue weighted by atomic mass is 35.5. The molecule has 6 rings (SSSR count). The van der Waals surface area contributed by atoms with E-state index in [1.807, 2.05) is 60.7 Å². The molecule has 3 aliphatic heterocycles. The van der Waals surface area contributed by atoms with Gasteiger partial charge in [-0.2, -0.15) is 0 Å². The highest BCUT2D eigenvalue weighted by Gasteiger charge is 2.75. The molecule has 0 aromatic heterocycles. The lowest BCUT2D eigenvalue weighted by atomic mass is 9.70. The molecule has 11 heteroatoms. The molecule has 0 radical (unpaired) electrons. The van der Waals surface area contributed by atoms with Crippen LogP contribution in [0.5, 0.6) is 0 Å². The maximum atomic E-state index is 15.0. The molecule has 7 atom stereocenters. The van der Waals surface area contributed by atoms with Crippen molar-refractivity contribution >= 4 is 41.0 Å². The zero-order valence-electron chi connectivity index (χ0n) is 28.9. The third-order valence-electron chi connectivity index (χ3n) is 10.4. The molecular weight excluding hydrogens is 682 g/mol. The summed E-state index contributed by atoms with van der Waals surface area (Å²) in [5, 5.41) is 14.4. The number of nitrogens with zero attached hydrogens (tertiary/aromatic N) is 2. The van der Waals surface area contributed by atoms with Crippen LogP contribution in [0.4, 0.5) is 5.69 Å². The van der Waals surface area contributed by atoms with Crippen LogP contribution in [0.1, 0.15) is 42.9 Å². The molecule has 3 fully saturated rings. The first kappa shape index (κ1) is 37.0. The molecular formula is C41H44ClN3O7. The SMILES string of the molecule is C=CCCC(=O)OC[C@@H](NC(=O)[C@@H]1[C@@H]2CC[C@]3(O2)[C@H](C(=O)N(CC=C)c2ccc(Cl)cc2)N([C@@H](CO)Cc2ccccc2)C(=O)[C@@H]13)c1ccccc1. The van der Waals surface area contributed by atoms with Crippen LogP contribution in [0.15, 0.2) is 110 Å². The van der Waals surface area contributed by atoms with Gasteiger partial charge in [0.2, 0.25) is 11.8 Å². The fourth-order valence-electron chi connectivity index (χ4n) is 8.06. The van der Waals surface area contributed by atoms with E-state index in [0.717, 1.165) is 11.1 Å². The van der Waals surface area contributed by atoms with Crippen molar-refractivity contribution in [2.75, 3.05) is 24.7 Å². The Labute approximate surface area is 309 Å². The van der Waals surface area contributed by atoms with Crippen LogP contribution < -0.4 is 10.2 Å². The van der Waals surface area contributed by atoms with Crippen molar-refractivity contribution in [3.05, 3.63) is 126 Å². The molecule has 0 aliphatic carbocycles. The Morgan fingerprint density at radius 2 is 1.73 bits per heavy atom. The van der Waals surface area contributed by atoms with Crippen molar-refractivity contribution in [1.82, 2.24) is 10.2 Å². The Morgan fingerprint density at radius 1 is 1.04 bits per heavy atom. The molecule has 52 heavy (non-hydrogen) atoms. The average molecular weight is 726 g/mol. The lowest BCUT2D eigenvalue weighted by Gasteiger charge is -2.39. The summed E-state index contributed by atoms with van der Waals surface area (Å²) in [5.74, 6) is -3.59. The summed E-state index contributed by atoms with van der Waals surface area (Å²) in [6.45, 7) is 7.14. The number of hydrogen-bond donors (Lipinski definition) is 2. The number of nitrogens with one attached hydrogen (secondary N) is 1. The number of likely N-dealkylation sites (tertiary alicyclic amines) is 1. The van der Waals surface area contributed by atoms with Gasteiger partial charge in [0, 0.05) is 23.7 Å². The fraction of sp³-hybridized carbons (Fsp3) is 0.366. The minimum atomic E-state index is -1.32. The van der Waals surface area contributed by atoms with Crippen LogP contribution in [0.25, 0.3) is 0 Å². The summed E-state index contributed by atoms with van der Waals surface area (Å²) in [7, 11) is 0. The minimum Gasteiger partial charge on any atom is -0.463 e. The molecule has 1 spiro atoms. The Morgan fingerprint density at radius 3 is 2.38 bits per heavy atom. The predicted molar refractivity (Wildman–Crippen MR) is 197 cm³/mol. The van der Waals surface area contributed by atoms with Crippen LogP contribution >= 0.6 is 11.6 Å². The van der Waals surface area contributed by atoms with Crippen molar-refractivity contribution in [2.45, 2.75) is 61.9 Å². The normalized spacial score (nSPS) is 24.1. The lowest BCUT2D eigenvalue weighted by Crippen LogP contribution is -2.59. The van der Waals surface area contributed by atoms with E-state index in [9.17, 15) is 24.3 Å². The molecule has 3 aromatic carbocycles. The standard InChI is InChI=1S/C41H44ClN3O7/c1-3-5-16-34(47)51-26-32(28-14-10-7-11-15-28)43-38(48)35-33-21-22-41(52-33)36(35)39(49)45(31(25-46)24-27-12-8-6-9-13-27)37(41)40(50)44(23-4-2)30-19-17-29(42)18-20-30/h3-4,6-15,17-20,31-33,35-37,46H,1-2,5,16,21-26H2,(H,43,48)/t31-,32-,33+,35-,36-,37+,41-/m1/s1. The molecule has 3 aliphatic rings. The van der Waals surface area contributed by atoms with Gasteiger partial charge in [0.15, 0.2) is 0 Å². The molecule has 3 amide bonds. The second-order valence-corrected chi connectivity index (χ2v) is 14.0. The number of ether oxygens (including phenoxy) is 2. The molecule has 272 valence electrons. The van der Waals surface area contributed by atoms with Crippen LogP contribution in [-0.2, 0) is 35.1 Å². The van der Waals surface area contributed by atoms with Gasteiger partial charge in [0.25, 0.3) is 5.91 Å². The highest BCUT2D eigenvalue weighted by molar-refractivity contribution is 6.30. The third kappa shape index (κ3) is 7.28. The van der Waals surface area contributed by atoms with Crippen molar-refractivity contribution in [3.8, 4) is 0 Å². The van der Waals surface area contributed by atoms with Gasteiger partial charge in [-0.3, -0.25) is 19.2 Å². The second-order valence-electron chi connectivity index (χ2n) is 13.5. The number of benzene rings is 3. The van der Waals surface area contributed by atoms with Crippen molar-refractivity contribution in [2.24, 2.45) is 11.8 Å². The highest BCUT2D eigenvalue weighted by Crippen LogP contribution is 2.59. The van der Waals surface area contributed by atoms with Crippen LogP contribution in [0.3, 0.4) is 0 Å². The number of anilines is 1. The van der Waals surface area contributed by atoms with E-state index in [0.29, 0.717) is 30.0 Å². The van der Waals surface area contributed by atoms with E-state index in [-0.39, 0.29) is 26.0 Å². The summed E-state index contributed by atoms with van der Waals surface area (Å²) in [6, 6.07) is 22.8. The van der Waals surface area contributed by atoms with Crippen LogP contribution in [-0.4, -0.2) is 77.2 Å². The van der Waals surface area contributed by atoms with E-state index in [1.165, 1.54) is 4.90 Å². The Bertz CT molecular complexity index is 1770. The number of hydrogen-bond acceptors (Lipinski definition) is 7. The number of aliphatic hydroxyl groups is 1. The number of esters is 1. The van der Waals surface area contributed by atoms with Gasteiger partial charge < -0.3 is 29.7 Å². The number of allylic oxidation sites excluding steroid dienone is 1. The number of fused-ring (bicyclic) bond motifs is 1. The summed E-state index contributed by atoms with van der Waals surface area (Å²) in [6.07, 6.45) is 4.36. The summed E-state index contributed by atoms with van der Waals surface area (Å²) in [4.78, 5) is 59.8. The number of amides is 3. The van der Waals surface area contributed by atoms with Gasteiger partial charge >= 0.3 is 5.97 Å². The Balaban J connectivity index is 1.36. The average Bonchev–Trinajstić information content (AvgIpc) is 3.82. The number of carbonyl (C=O) groups is 4. The van der Waals surface area contributed by atoms with Crippen molar-refractivity contribution in [3.63, 3.8) is 0 Å². The minimum absolute atomic E-state index is 0.109. The molecule has 10 nitrogen and oxygen atoms in total. The van der Waals surface area contributed by atoms with E-state index in [4.69, 9.17) is 21.1 Å². The summed E-state index contributed by atoms with van der Waals surface area (Å²) in [5.41, 5.74) is 0.838. The molecule has 2 bridgehead atoms. The zero-order chi connectivity index (χ0) is 36.8. The molecule has 3 heterocycles. The maximum Gasteiger partial charge on any atom is 0.306 e. The van der Waals surface area contributed by atoms with Gasteiger partial charge in [-0.1, -0.05) is 84.4 Å². The Hall–Kier alpha value is -4.77. The smallest absolute Gasteiger partial charge is 0.306 e. The monoisotopic (exact) mass is 725 g/mol. The van der Waals surface area contributed by atoms with E-state index in [2.05, 4.69) is 18.5 Å². The van der Waals surface area contributed by atoms with Gasteiger partial charge in [0.1, 0.15) is 18.2 Å². The van der Waals surface area contributed by atoms with Gasteiger partial charge in [-0.25, -0.2) is 0 Å². The van der Waals surface area contributed by atoms with Gasteiger partial charge in [-0.15, -0.1) is 13.2 Å². The quantitative estimate of drug-likeness (QED) is 0.154. The van der Waals surface area contributed by atoms with E-state index >= 15 is 0 Å². The molecule has 2 N–H and O–H groups in total. The number of aliphatic hydroxyl groups excluding tert-OH is 1. The van der Waals surface area contributed by atoms with Crippen LogP contribution in [0.2, 0.25) is 5.02 Å². The zero-order valence-corrected chi connectivity index (χ0v) is 29.7. The van der Waals surface area contributed by atoms with Crippen molar-refractivity contribution < 1.29 is 33.8 Å². The second kappa shape index (κ2) is 16.3. The topological polar surface area (TPSA) is 125 Å². The van der Waals surface area contributed by atoms with Gasteiger partial charge in [-0.05, 0) is 61.1 Å². The Kier molecular flexibility index (Phi) is 11.6. The molecule has 3 aromatic rings. The first-order chi connectivity index (χ1) is 25.2. The number of rotatable bonds is 16. The third-order valence-corrected chi connectivity index (χ3v) is 10.6. The fourth-order valence-corrected chi connectivity index (χ4v) is 8.19. The first-order valence-corrected chi connectivity index (χ1v) is 18.0. The lowest BCUT2D eigenvalue weighted by molar-refractivity contribution is -0.146. The summed E-state index contributed by atoms with van der Waals surface area (Å²) < 4.78 is 12.3. The van der Waals surface area contributed by atoms with Crippen molar-refractivity contribution in [1.29, 1.82) is 0 Å². The van der Waals surface area contributed by atoms with E-state index < -0.39 is 72.0 Å². The molecule has 3 saturated heterocycles. The van der Waals surface area contributed by atoms with E-state index in [1.54, 1.807) is 41.3 Å². The van der Waals surface area contributed by atoms with Gasteiger partial charge in [0.05, 0.1) is 36.6 Å². The van der Waals surface area contributed by atoms with Crippen LogP contribution in [0, 0.1) is 11.8 Å². The molecule has 0 saturated carbocycles. The maximum absolute atomic E-state index is 15.0. The number of halogens is 1. The number of carbonyl (C=O) groups excluding carboxylic acids is 4. The first-order valence-electron chi connectivity index (χ1n) is 17.7. The summed E-state index contributed by atoms with van der Waals surface area (Å²) >= 11 is 6.19.